The fourth-order valence-corrected chi connectivity index (χ4v) is 6.33. The average Bonchev–Trinajstić information content (AvgIpc) is 4.03. The third-order valence-electron chi connectivity index (χ3n) is 9.33. The molecule has 1 saturated carbocycles. The van der Waals surface area contributed by atoms with E-state index in [2.05, 4.69) is 4.84 Å². The molecule has 2 N–H and O–H groups in total. The van der Waals surface area contributed by atoms with E-state index in [0.29, 0.717) is 41.4 Å². The summed E-state index contributed by atoms with van der Waals surface area (Å²) in [5, 5.41) is 17.3. The number of carbonyl (C=O) groups excluding carboxylic acids is 2. The molecule has 1 unspecified atom stereocenters. The van der Waals surface area contributed by atoms with Crippen LogP contribution in [-0.2, 0) is 29.2 Å². The number of amides is 2. The summed E-state index contributed by atoms with van der Waals surface area (Å²) in [6, 6.07) is 19.4. The summed E-state index contributed by atoms with van der Waals surface area (Å²) in [5.74, 6) is -5.32. The van der Waals surface area contributed by atoms with Gasteiger partial charge in [-0.3, -0.25) is 15.2 Å². The predicted molar refractivity (Wildman–Crippen MR) is 189 cm³/mol. The van der Waals surface area contributed by atoms with E-state index in [4.69, 9.17) is 24.6 Å². The summed E-state index contributed by atoms with van der Waals surface area (Å²) in [4.78, 5) is 35.7. The molecular formula is C40H39F4N3O8. The van der Waals surface area contributed by atoms with Crippen LogP contribution in [0.2, 0.25) is 0 Å². The highest BCUT2D eigenvalue weighted by Crippen LogP contribution is 2.36. The molecule has 11 nitrogen and oxygen atoms in total. The van der Waals surface area contributed by atoms with Gasteiger partial charge in [-0.2, -0.15) is 4.39 Å². The van der Waals surface area contributed by atoms with E-state index in [-0.39, 0.29) is 50.5 Å². The Morgan fingerprint density at radius 3 is 2.35 bits per heavy atom. The Morgan fingerprint density at radius 1 is 0.873 bits per heavy atom. The van der Waals surface area contributed by atoms with E-state index in [9.17, 15) is 22.8 Å². The second-order valence-corrected chi connectivity index (χ2v) is 13.1. The van der Waals surface area contributed by atoms with Gasteiger partial charge in [-0.25, -0.2) is 22.8 Å². The minimum Gasteiger partial charge on any atom is -0.497 e. The van der Waals surface area contributed by atoms with Gasteiger partial charge in [0.25, 0.3) is 0 Å². The molecule has 1 aliphatic carbocycles. The van der Waals surface area contributed by atoms with Crippen molar-refractivity contribution in [2.45, 2.75) is 44.9 Å². The maximum Gasteiger partial charge on any atom is 0.415 e. The van der Waals surface area contributed by atoms with Crippen LogP contribution < -0.4 is 14.2 Å². The predicted octanol–water partition coefficient (Wildman–Crippen LogP) is 7.48. The maximum absolute atomic E-state index is 15.0. The molecule has 0 aromatic heterocycles. The van der Waals surface area contributed by atoms with Crippen molar-refractivity contribution >= 4 is 17.6 Å². The van der Waals surface area contributed by atoms with Crippen LogP contribution in [0.15, 0.2) is 84.9 Å². The lowest BCUT2D eigenvalue weighted by molar-refractivity contribution is -0.497. The number of ether oxygens (including phenoxy) is 3. The summed E-state index contributed by atoms with van der Waals surface area (Å²) in [7, 11) is 1.48. The largest absolute Gasteiger partial charge is 0.497 e. The van der Waals surface area contributed by atoms with Gasteiger partial charge in [0.2, 0.25) is 11.7 Å². The van der Waals surface area contributed by atoms with Crippen LogP contribution >= 0.6 is 0 Å². The zero-order valence-corrected chi connectivity index (χ0v) is 29.8. The number of carbonyl (C=O) groups is 2. The monoisotopic (exact) mass is 765 g/mol. The summed E-state index contributed by atoms with van der Waals surface area (Å²) < 4.78 is 72.6. The second-order valence-electron chi connectivity index (χ2n) is 13.1. The number of benzene rings is 4. The minimum absolute atomic E-state index is 0.000831. The topological polar surface area (TPSA) is 121 Å². The number of aryl methyl sites for hydroxylation is 1. The van der Waals surface area contributed by atoms with Crippen LogP contribution in [0.1, 0.15) is 41.5 Å². The third-order valence-corrected chi connectivity index (χ3v) is 9.33. The molecule has 6 rings (SSSR count). The van der Waals surface area contributed by atoms with Gasteiger partial charge in [-0.1, -0.05) is 42.5 Å². The Bertz CT molecular complexity index is 2030. The maximum atomic E-state index is 15.0. The molecule has 2 aliphatic rings. The van der Waals surface area contributed by atoms with E-state index in [1.165, 1.54) is 30.2 Å². The van der Waals surface area contributed by atoms with Gasteiger partial charge in [0.05, 0.1) is 31.6 Å². The summed E-state index contributed by atoms with van der Waals surface area (Å²) in [6.07, 6.45) is 3.42. The van der Waals surface area contributed by atoms with Gasteiger partial charge in [-0.15, -0.1) is 0 Å². The molecule has 1 fully saturated rings. The summed E-state index contributed by atoms with van der Waals surface area (Å²) in [5.41, 5.74) is 3.07. The Balaban J connectivity index is 1.20. The van der Waals surface area contributed by atoms with Crippen LogP contribution in [0.4, 0.5) is 22.4 Å². The van der Waals surface area contributed by atoms with Gasteiger partial charge in [-0.05, 0) is 90.4 Å². The first-order valence-corrected chi connectivity index (χ1v) is 17.6. The van der Waals surface area contributed by atoms with Crippen LogP contribution in [0, 0.1) is 29.2 Å². The fraction of sp³-hybridized carbons (Fsp3) is 0.300. The molecule has 2 amide bonds. The molecule has 15 heteroatoms. The molecular weight excluding hydrogens is 726 g/mol. The Kier molecular flexibility index (Phi) is 12.7. The van der Waals surface area contributed by atoms with Crippen LogP contribution in [0.5, 0.6) is 17.2 Å². The van der Waals surface area contributed by atoms with Gasteiger partial charge in [0, 0.05) is 31.2 Å². The van der Waals surface area contributed by atoms with Crippen molar-refractivity contribution in [1.29, 1.82) is 0 Å². The van der Waals surface area contributed by atoms with Gasteiger partial charge in [0.15, 0.2) is 17.4 Å². The van der Waals surface area contributed by atoms with Crippen molar-refractivity contribution in [3.05, 3.63) is 130 Å². The van der Waals surface area contributed by atoms with Crippen molar-refractivity contribution < 1.29 is 56.6 Å². The van der Waals surface area contributed by atoms with Crippen molar-refractivity contribution in [2.75, 3.05) is 26.8 Å². The number of rotatable bonds is 15. The molecule has 4 aromatic rings. The van der Waals surface area contributed by atoms with Gasteiger partial charge in [0.1, 0.15) is 17.3 Å². The van der Waals surface area contributed by atoms with Crippen molar-refractivity contribution in [3.63, 3.8) is 0 Å². The zero-order valence-electron chi connectivity index (χ0n) is 29.8. The highest BCUT2D eigenvalue weighted by Gasteiger charge is 2.40. The van der Waals surface area contributed by atoms with Crippen LogP contribution in [0.25, 0.3) is 5.57 Å². The van der Waals surface area contributed by atoms with Crippen LogP contribution in [0.3, 0.4) is 0 Å². The SMILES string of the molecule is COc1ccc(F)c(CN(C(=O)C2CN(C(=O)Oc3cccc(CON(O)O)c3)CC=C2c2ccc(CCCOc3c(F)ccc(F)c3F)cc2)C2CC2)c1. The number of nitrogens with zero attached hydrogens (tertiary/aromatic N) is 3. The number of halogens is 4. The molecule has 55 heavy (non-hydrogen) atoms. The van der Waals surface area contributed by atoms with E-state index in [1.54, 1.807) is 35.2 Å². The average molecular weight is 766 g/mol. The minimum atomic E-state index is -1.38. The second kappa shape index (κ2) is 17.8. The molecule has 0 radical (unpaired) electrons. The summed E-state index contributed by atoms with van der Waals surface area (Å²) in [6.45, 7) is -0.187. The molecule has 0 bridgehead atoms. The normalized spacial score (nSPS) is 15.5. The lowest BCUT2D eigenvalue weighted by Gasteiger charge is -2.35. The molecule has 0 spiro atoms. The smallest absolute Gasteiger partial charge is 0.415 e. The molecule has 0 saturated heterocycles. The quantitative estimate of drug-likeness (QED) is 0.0549. The Morgan fingerprint density at radius 2 is 1.62 bits per heavy atom. The number of hydrogen-bond acceptors (Lipinski definition) is 9. The summed E-state index contributed by atoms with van der Waals surface area (Å²) >= 11 is 0. The number of methoxy groups -OCH3 is 1. The molecule has 1 aliphatic heterocycles. The highest BCUT2D eigenvalue weighted by atomic mass is 19.2. The third kappa shape index (κ3) is 9.99. The Labute approximate surface area is 314 Å². The molecule has 290 valence electrons. The van der Waals surface area contributed by atoms with Crippen LogP contribution in [-0.4, -0.2) is 70.5 Å². The first-order valence-electron chi connectivity index (χ1n) is 17.6. The van der Waals surface area contributed by atoms with E-state index < -0.39 is 46.4 Å². The first-order chi connectivity index (χ1) is 26.5. The van der Waals surface area contributed by atoms with Crippen molar-refractivity contribution in [3.8, 4) is 17.2 Å². The number of hydrogen-bond donors (Lipinski definition) is 2. The van der Waals surface area contributed by atoms with E-state index in [1.807, 2.05) is 24.3 Å². The van der Waals surface area contributed by atoms with E-state index in [0.717, 1.165) is 30.0 Å². The first kappa shape index (κ1) is 39.2. The van der Waals surface area contributed by atoms with E-state index >= 15 is 4.39 Å². The molecule has 1 atom stereocenters. The molecule has 1 heterocycles. The lowest BCUT2D eigenvalue weighted by atomic mass is 9.87. The van der Waals surface area contributed by atoms with Gasteiger partial charge < -0.3 is 24.0 Å². The van der Waals surface area contributed by atoms with Crippen molar-refractivity contribution in [1.82, 2.24) is 15.2 Å². The highest BCUT2D eigenvalue weighted by molar-refractivity contribution is 5.94. The lowest BCUT2D eigenvalue weighted by Crippen LogP contribution is -2.47. The Hall–Kier alpha value is -5.48. The van der Waals surface area contributed by atoms with Gasteiger partial charge >= 0.3 is 6.09 Å². The standard InChI is InChI=1S/C40H39F4N3O8/c1-52-30-13-14-34(41)28(21-30)22-46(29-11-12-29)39(48)33-23-45(40(49)55-31-6-2-4-26(20-31)24-54-47(50)51)18-17-32(33)27-9-7-25(8-10-27)5-3-19-53-38-36(43)16-15-35(42)37(38)44/h2,4,6-10,13-17,20-21,29,33,50-51H,3,5,11-12,18-19,22-24H2,1H3. The fourth-order valence-electron chi connectivity index (χ4n) is 6.33. The van der Waals surface area contributed by atoms with Crippen molar-refractivity contribution in [2.24, 2.45) is 5.92 Å². The zero-order chi connectivity index (χ0) is 39.1. The molecule has 4 aromatic carbocycles.